The van der Waals surface area contributed by atoms with Crippen molar-refractivity contribution in [3.63, 3.8) is 0 Å². The van der Waals surface area contributed by atoms with Crippen molar-refractivity contribution in [3.05, 3.63) is 64.2 Å². The van der Waals surface area contributed by atoms with E-state index >= 15 is 0 Å². The third kappa shape index (κ3) is 4.79. The summed E-state index contributed by atoms with van der Waals surface area (Å²) < 4.78 is 15.6. The molecule has 1 N–H and O–H groups in total. The first kappa shape index (κ1) is 27.1. The maximum atomic E-state index is 14.1. The van der Waals surface area contributed by atoms with E-state index in [1.165, 1.54) is 17.7 Å². The van der Waals surface area contributed by atoms with Gasteiger partial charge in [0.1, 0.15) is 34.5 Å². The number of nitrogens with zero attached hydrogens (tertiary/aromatic N) is 6. The van der Waals surface area contributed by atoms with Gasteiger partial charge in [-0.25, -0.2) is 19.3 Å². The van der Waals surface area contributed by atoms with E-state index in [-0.39, 0.29) is 34.1 Å². The summed E-state index contributed by atoms with van der Waals surface area (Å²) >= 11 is 3.15. The number of rotatable bonds is 6. The van der Waals surface area contributed by atoms with E-state index in [2.05, 4.69) is 48.2 Å². The van der Waals surface area contributed by atoms with E-state index in [0.717, 1.165) is 17.5 Å². The Balaban J connectivity index is 1.24. The van der Waals surface area contributed by atoms with Crippen molar-refractivity contribution in [2.75, 3.05) is 4.90 Å². The van der Waals surface area contributed by atoms with Crippen LogP contribution in [0.1, 0.15) is 48.6 Å². The smallest absolute Gasteiger partial charge is 0.249 e. The van der Waals surface area contributed by atoms with Crippen molar-refractivity contribution in [2.24, 2.45) is 5.41 Å². The summed E-state index contributed by atoms with van der Waals surface area (Å²) in [6.45, 7) is 6.82. The number of carbonyl (C=O) groups is 3. The average Bonchev–Trinajstić information content (AvgIpc) is 3.30. The number of nitrogens with one attached hydrogen (secondary N) is 1. The number of anilines is 1. The van der Waals surface area contributed by atoms with Gasteiger partial charge in [-0.1, -0.05) is 13.0 Å². The SMILES string of the molecule is CC(=O)c1nn(CC(=O)NC(=O)C2CC3(C)CC3N2c2nc(Br)c(F)cc2C)c2ccc(-c3cnc(C)nc3)cc12. The Labute approximate surface area is 243 Å². The Hall–Kier alpha value is -4.06. The average molecular weight is 620 g/mol. The summed E-state index contributed by atoms with van der Waals surface area (Å²) in [6, 6.07) is 6.29. The van der Waals surface area contributed by atoms with E-state index in [9.17, 15) is 18.8 Å². The molecule has 4 heterocycles. The van der Waals surface area contributed by atoms with E-state index in [1.807, 2.05) is 17.0 Å². The van der Waals surface area contributed by atoms with Crippen LogP contribution in [0.4, 0.5) is 10.2 Å². The number of carbonyl (C=O) groups excluding carboxylic acids is 3. The molecule has 3 unspecified atom stereocenters. The molecule has 1 aliphatic carbocycles. The van der Waals surface area contributed by atoms with Crippen LogP contribution in [0.25, 0.3) is 22.0 Å². The summed E-state index contributed by atoms with van der Waals surface area (Å²) in [5.41, 5.74) is 2.95. The Morgan fingerprint density at radius 1 is 1.12 bits per heavy atom. The summed E-state index contributed by atoms with van der Waals surface area (Å²) in [5, 5.41) is 7.52. The van der Waals surface area contributed by atoms with Crippen molar-refractivity contribution in [1.82, 2.24) is 30.0 Å². The Kier molecular flexibility index (Phi) is 6.48. The summed E-state index contributed by atoms with van der Waals surface area (Å²) in [6.07, 6.45) is 4.86. The zero-order valence-electron chi connectivity index (χ0n) is 22.9. The highest BCUT2D eigenvalue weighted by Gasteiger charge is 2.63. The van der Waals surface area contributed by atoms with Crippen LogP contribution in [0.3, 0.4) is 0 Å². The first-order valence-electron chi connectivity index (χ1n) is 13.2. The molecular formula is C29H27BrFN7O3. The third-order valence-electron chi connectivity index (χ3n) is 8.03. The monoisotopic (exact) mass is 619 g/mol. The van der Waals surface area contributed by atoms with Crippen molar-refractivity contribution in [1.29, 1.82) is 0 Å². The summed E-state index contributed by atoms with van der Waals surface area (Å²) in [5.74, 6) is -0.551. The minimum absolute atomic E-state index is 0.0746. The van der Waals surface area contributed by atoms with Gasteiger partial charge in [0, 0.05) is 36.3 Å². The van der Waals surface area contributed by atoms with Crippen LogP contribution in [0.15, 0.2) is 41.3 Å². The normalized spacial score (nSPS) is 21.2. The van der Waals surface area contributed by atoms with Crippen LogP contribution in [-0.4, -0.2) is 54.4 Å². The molecule has 12 heteroatoms. The van der Waals surface area contributed by atoms with Gasteiger partial charge >= 0.3 is 0 Å². The first-order valence-corrected chi connectivity index (χ1v) is 14.0. The molecule has 41 heavy (non-hydrogen) atoms. The summed E-state index contributed by atoms with van der Waals surface area (Å²) in [7, 11) is 0. The molecule has 2 fully saturated rings. The zero-order valence-corrected chi connectivity index (χ0v) is 24.5. The number of ketones is 1. The number of aryl methyl sites for hydroxylation is 2. The van der Waals surface area contributed by atoms with Gasteiger partial charge in [-0.05, 0) is 77.4 Å². The number of Topliss-reactive ketones (excluding diaryl/α,β-unsaturated/α-hetero) is 1. The molecule has 0 spiro atoms. The highest BCUT2D eigenvalue weighted by Crippen LogP contribution is 2.60. The lowest BCUT2D eigenvalue weighted by Crippen LogP contribution is -2.48. The quantitative estimate of drug-likeness (QED) is 0.250. The number of aromatic nitrogens is 5. The maximum Gasteiger partial charge on any atom is 0.249 e. The second-order valence-electron chi connectivity index (χ2n) is 11.1. The lowest BCUT2D eigenvalue weighted by molar-refractivity contribution is -0.131. The number of hydrogen-bond donors (Lipinski definition) is 1. The maximum absolute atomic E-state index is 14.1. The number of piperidine rings is 1. The molecule has 6 rings (SSSR count). The van der Waals surface area contributed by atoms with Crippen molar-refractivity contribution >= 4 is 50.2 Å². The topological polar surface area (TPSA) is 123 Å². The van der Waals surface area contributed by atoms with Gasteiger partial charge in [0.2, 0.25) is 11.8 Å². The van der Waals surface area contributed by atoms with Crippen LogP contribution in [-0.2, 0) is 16.1 Å². The van der Waals surface area contributed by atoms with Crippen LogP contribution >= 0.6 is 15.9 Å². The fourth-order valence-corrected chi connectivity index (χ4v) is 6.08. The highest BCUT2D eigenvalue weighted by atomic mass is 79.9. The minimum Gasteiger partial charge on any atom is -0.341 e. The molecule has 4 aromatic rings. The molecule has 3 atom stereocenters. The second kappa shape index (κ2) is 9.79. The lowest BCUT2D eigenvalue weighted by Gasteiger charge is -2.29. The molecular weight excluding hydrogens is 593 g/mol. The first-order chi connectivity index (χ1) is 19.4. The number of imide groups is 1. The molecule has 2 amide bonds. The number of amides is 2. The Morgan fingerprint density at radius 2 is 1.85 bits per heavy atom. The van der Waals surface area contributed by atoms with Crippen molar-refractivity contribution in [2.45, 2.75) is 59.2 Å². The van der Waals surface area contributed by atoms with E-state index in [1.54, 1.807) is 32.3 Å². The summed E-state index contributed by atoms with van der Waals surface area (Å²) in [4.78, 5) is 53.7. The Morgan fingerprint density at radius 3 is 2.56 bits per heavy atom. The standard InChI is InChI=1S/C29H27BrFN7O3/c1-14-7-20(31)26(30)35-27(14)38-22(9-29(4)10-23(29)38)28(41)34-24(40)13-37-21-6-5-17(18-11-32-16(3)33-12-18)8-19(21)25(36-37)15(2)39/h5-8,11-12,22-23H,9-10,13H2,1-4H3,(H,34,40,41). The van der Waals surface area contributed by atoms with Crippen LogP contribution in [0.5, 0.6) is 0 Å². The molecule has 1 saturated heterocycles. The number of halogens is 2. The fraction of sp³-hybridized carbons (Fsp3) is 0.345. The predicted octanol–water partition coefficient (Wildman–Crippen LogP) is 4.31. The van der Waals surface area contributed by atoms with Gasteiger partial charge in [-0.15, -0.1) is 0 Å². The molecule has 210 valence electrons. The van der Waals surface area contributed by atoms with Gasteiger partial charge in [-0.2, -0.15) is 5.10 Å². The van der Waals surface area contributed by atoms with Crippen molar-refractivity contribution < 1.29 is 18.8 Å². The van der Waals surface area contributed by atoms with Crippen LogP contribution in [0, 0.1) is 25.1 Å². The zero-order chi connectivity index (χ0) is 29.2. The number of fused-ring (bicyclic) bond motifs is 2. The van der Waals surface area contributed by atoms with Crippen LogP contribution in [0.2, 0.25) is 0 Å². The van der Waals surface area contributed by atoms with E-state index in [0.29, 0.717) is 34.5 Å². The number of benzene rings is 1. The molecule has 1 saturated carbocycles. The van der Waals surface area contributed by atoms with Gasteiger partial charge in [0.05, 0.1) is 5.52 Å². The molecule has 0 radical (unpaired) electrons. The Bertz CT molecular complexity index is 1760. The minimum atomic E-state index is -0.632. The number of hydrogen-bond acceptors (Lipinski definition) is 8. The van der Waals surface area contributed by atoms with E-state index in [4.69, 9.17) is 0 Å². The van der Waals surface area contributed by atoms with Gasteiger partial charge < -0.3 is 4.90 Å². The second-order valence-corrected chi connectivity index (χ2v) is 11.9. The highest BCUT2D eigenvalue weighted by molar-refractivity contribution is 9.10. The number of pyridine rings is 1. The van der Waals surface area contributed by atoms with Gasteiger partial charge in [-0.3, -0.25) is 24.4 Å². The van der Waals surface area contributed by atoms with Crippen molar-refractivity contribution in [3.8, 4) is 11.1 Å². The molecule has 10 nitrogen and oxygen atoms in total. The van der Waals surface area contributed by atoms with Gasteiger partial charge in [0.15, 0.2) is 11.6 Å². The lowest BCUT2D eigenvalue weighted by atomic mass is 10.0. The molecule has 0 bridgehead atoms. The largest absolute Gasteiger partial charge is 0.341 e. The molecule has 2 aliphatic rings. The van der Waals surface area contributed by atoms with E-state index < -0.39 is 23.7 Å². The van der Waals surface area contributed by atoms with Crippen LogP contribution < -0.4 is 10.2 Å². The molecule has 3 aromatic heterocycles. The van der Waals surface area contributed by atoms with Gasteiger partial charge in [0.25, 0.3) is 0 Å². The predicted molar refractivity (Wildman–Crippen MR) is 153 cm³/mol. The molecule has 1 aromatic carbocycles. The molecule has 1 aliphatic heterocycles. The third-order valence-corrected chi connectivity index (χ3v) is 8.59. The fourth-order valence-electron chi connectivity index (χ4n) is 5.80.